The number of hydrogen-bond acceptors (Lipinski definition) is 2. The lowest BCUT2D eigenvalue weighted by Crippen LogP contribution is -2.22. The summed E-state index contributed by atoms with van der Waals surface area (Å²) in [5, 5.41) is 0.805. The van der Waals surface area contributed by atoms with Crippen LogP contribution in [0.25, 0.3) is 0 Å². The third-order valence-electron chi connectivity index (χ3n) is 3.99. The van der Waals surface area contributed by atoms with E-state index in [2.05, 4.69) is 6.92 Å². The molecule has 0 amide bonds. The van der Waals surface area contributed by atoms with E-state index in [1.807, 2.05) is 12.1 Å². The Morgan fingerprint density at radius 2 is 2.05 bits per heavy atom. The molecule has 1 aromatic carbocycles. The highest BCUT2D eigenvalue weighted by atomic mass is 35.5. The Bertz CT molecular complexity index is 433. The molecule has 1 aliphatic rings. The number of halogens is 1. The van der Waals surface area contributed by atoms with Crippen molar-refractivity contribution in [3.05, 3.63) is 28.3 Å². The molecule has 0 aliphatic carbocycles. The lowest BCUT2D eigenvalue weighted by molar-refractivity contribution is 0.352. The third kappa shape index (κ3) is 4.39. The normalized spacial score (nSPS) is 14.9. The number of benzene rings is 1. The van der Waals surface area contributed by atoms with Crippen molar-refractivity contribution in [1.82, 2.24) is 0 Å². The van der Waals surface area contributed by atoms with Crippen LogP contribution >= 0.6 is 11.6 Å². The predicted molar refractivity (Wildman–Crippen MR) is 85.7 cm³/mol. The smallest absolute Gasteiger partial charge is 0.125 e. The van der Waals surface area contributed by atoms with Crippen LogP contribution in [0, 0.1) is 0 Å². The monoisotopic (exact) mass is 295 g/mol. The Morgan fingerprint density at radius 3 is 2.85 bits per heavy atom. The van der Waals surface area contributed by atoms with Crippen LogP contribution in [0.1, 0.15) is 56.6 Å². The molecule has 2 rings (SSSR count). The van der Waals surface area contributed by atoms with E-state index in [-0.39, 0.29) is 6.04 Å². The van der Waals surface area contributed by atoms with E-state index in [4.69, 9.17) is 22.1 Å². The minimum Gasteiger partial charge on any atom is -0.493 e. The standard InChI is InChI=1S/C17H26ClNO/c1-2-3-4-5-6-7-16(19)12-14-11-15(18)10-13-8-9-20-17(13)14/h10-11,16H,2-9,12,19H2,1H3. The number of ether oxygens (including phenoxy) is 1. The fourth-order valence-electron chi connectivity index (χ4n) is 2.89. The molecule has 0 spiro atoms. The van der Waals surface area contributed by atoms with Gasteiger partial charge < -0.3 is 10.5 Å². The average Bonchev–Trinajstić information content (AvgIpc) is 2.86. The molecule has 112 valence electrons. The molecule has 0 fully saturated rings. The summed E-state index contributed by atoms with van der Waals surface area (Å²) in [5.41, 5.74) is 8.69. The second-order valence-corrected chi connectivity index (χ2v) is 6.26. The molecular formula is C17H26ClNO. The maximum absolute atomic E-state index is 6.27. The topological polar surface area (TPSA) is 35.2 Å². The first kappa shape index (κ1) is 15.7. The fraction of sp³-hybridized carbons (Fsp3) is 0.647. The van der Waals surface area contributed by atoms with Gasteiger partial charge in [0.1, 0.15) is 5.75 Å². The molecular weight excluding hydrogens is 270 g/mol. The van der Waals surface area contributed by atoms with Crippen LogP contribution < -0.4 is 10.5 Å². The van der Waals surface area contributed by atoms with Crippen LogP contribution in [0.15, 0.2) is 12.1 Å². The molecule has 2 nitrogen and oxygen atoms in total. The first-order valence-corrected chi connectivity index (χ1v) is 8.28. The molecule has 0 radical (unpaired) electrons. The van der Waals surface area contributed by atoms with Crippen molar-refractivity contribution in [2.45, 2.75) is 64.3 Å². The number of rotatable bonds is 8. The molecule has 1 aromatic rings. The molecule has 0 saturated carbocycles. The van der Waals surface area contributed by atoms with Gasteiger partial charge in [-0.2, -0.15) is 0 Å². The van der Waals surface area contributed by atoms with Crippen molar-refractivity contribution < 1.29 is 4.74 Å². The molecule has 0 aromatic heterocycles. The van der Waals surface area contributed by atoms with Crippen molar-refractivity contribution in [3.8, 4) is 5.75 Å². The zero-order valence-corrected chi connectivity index (χ0v) is 13.2. The van der Waals surface area contributed by atoms with Crippen molar-refractivity contribution in [2.75, 3.05) is 6.61 Å². The van der Waals surface area contributed by atoms with Gasteiger partial charge in [-0.05, 0) is 36.1 Å². The summed E-state index contributed by atoms with van der Waals surface area (Å²) in [6, 6.07) is 4.25. The quantitative estimate of drug-likeness (QED) is 0.716. The molecule has 1 atom stereocenters. The zero-order valence-electron chi connectivity index (χ0n) is 12.5. The van der Waals surface area contributed by atoms with Gasteiger partial charge in [0, 0.05) is 17.5 Å². The van der Waals surface area contributed by atoms with Gasteiger partial charge in [0.2, 0.25) is 0 Å². The Kier molecular flexibility index (Phi) is 6.18. The number of nitrogens with two attached hydrogens (primary N) is 1. The number of fused-ring (bicyclic) bond motifs is 1. The average molecular weight is 296 g/mol. The van der Waals surface area contributed by atoms with Crippen LogP contribution in [0.5, 0.6) is 5.75 Å². The van der Waals surface area contributed by atoms with E-state index in [1.165, 1.54) is 43.2 Å². The summed E-state index contributed by atoms with van der Waals surface area (Å²) >= 11 is 6.18. The lowest BCUT2D eigenvalue weighted by atomic mass is 9.98. The highest BCUT2D eigenvalue weighted by molar-refractivity contribution is 6.30. The number of hydrogen-bond donors (Lipinski definition) is 1. The van der Waals surface area contributed by atoms with Crippen molar-refractivity contribution in [1.29, 1.82) is 0 Å². The minimum absolute atomic E-state index is 0.211. The summed E-state index contributed by atoms with van der Waals surface area (Å²) in [4.78, 5) is 0. The third-order valence-corrected chi connectivity index (χ3v) is 4.20. The van der Waals surface area contributed by atoms with Gasteiger partial charge in [-0.25, -0.2) is 0 Å². The molecule has 0 bridgehead atoms. The predicted octanol–water partition coefficient (Wildman–Crippen LogP) is 4.51. The van der Waals surface area contributed by atoms with Gasteiger partial charge in [0.05, 0.1) is 6.61 Å². The summed E-state index contributed by atoms with van der Waals surface area (Å²) in [6.45, 7) is 3.01. The van der Waals surface area contributed by atoms with Gasteiger partial charge in [-0.3, -0.25) is 0 Å². The van der Waals surface area contributed by atoms with Gasteiger partial charge >= 0.3 is 0 Å². The zero-order chi connectivity index (χ0) is 14.4. The first-order chi connectivity index (χ1) is 9.70. The van der Waals surface area contributed by atoms with Gasteiger partial charge in [0.15, 0.2) is 0 Å². The second kappa shape index (κ2) is 7.90. The van der Waals surface area contributed by atoms with Crippen LogP contribution in [0.3, 0.4) is 0 Å². The second-order valence-electron chi connectivity index (χ2n) is 5.82. The van der Waals surface area contributed by atoms with Crippen molar-refractivity contribution >= 4 is 11.6 Å². The molecule has 20 heavy (non-hydrogen) atoms. The van der Waals surface area contributed by atoms with E-state index in [9.17, 15) is 0 Å². The Labute approximate surface area is 127 Å². The SMILES string of the molecule is CCCCCCCC(N)Cc1cc(Cl)cc2c1OCC2. The first-order valence-electron chi connectivity index (χ1n) is 7.90. The lowest BCUT2D eigenvalue weighted by Gasteiger charge is -2.14. The largest absolute Gasteiger partial charge is 0.493 e. The molecule has 1 heterocycles. The molecule has 2 N–H and O–H groups in total. The van der Waals surface area contributed by atoms with Crippen molar-refractivity contribution in [3.63, 3.8) is 0 Å². The number of unbranched alkanes of at least 4 members (excludes halogenated alkanes) is 4. The van der Waals surface area contributed by atoms with Crippen LogP contribution in [-0.4, -0.2) is 12.6 Å². The Balaban J connectivity index is 1.84. The Hall–Kier alpha value is -0.730. The molecule has 1 unspecified atom stereocenters. The maximum atomic E-state index is 6.27. The van der Waals surface area contributed by atoms with E-state index in [1.54, 1.807) is 0 Å². The summed E-state index contributed by atoms with van der Waals surface area (Å²) < 4.78 is 5.73. The highest BCUT2D eigenvalue weighted by Crippen LogP contribution is 2.33. The van der Waals surface area contributed by atoms with E-state index in [0.717, 1.165) is 36.6 Å². The summed E-state index contributed by atoms with van der Waals surface area (Å²) in [7, 11) is 0. The van der Waals surface area contributed by atoms with Crippen LogP contribution in [0.2, 0.25) is 5.02 Å². The maximum Gasteiger partial charge on any atom is 0.125 e. The van der Waals surface area contributed by atoms with Gasteiger partial charge in [0.25, 0.3) is 0 Å². The van der Waals surface area contributed by atoms with Gasteiger partial charge in [-0.1, -0.05) is 50.6 Å². The van der Waals surface area contributed by atoms with Crippen LogP contribution in [0.4, 0.5) is 0 Å². The fourth-order valence-corrected chi connectivity index (χ4v) is 3.16. The van der Waals surface area contributed by atoms with Gasteiger partial charge in [-0.15, -0.1) is 0 Å². The highest BCUT2D eigenvalue weighted by Gasteiger charge is 2.18. The Morgan fingerprint density at radius 1 is 1.25 bits per heavy atom. The minimum atomic E-state index is 0.211. The molecule has 0 saturated heterocycles. The van der Waals surface area contributed by atoms with E-state index >= 15 is 0 Å². The molecule has 3 heteroatoms. The summed E-state index contributed by atoms with van der Waals surface area (Å²) in [5.74, 6) is 1.04. The van der Waals surface area contributed by atoms with Crippen LogP contribution in [-0.2, 0) is 12.8 Å². The molecule has 1 aliphatic heterocycles. The summed E-state index contributed by atoms with van der Waals surface area (Å²) in [6.07, 6.45) is 9.41. The van der Waals surface area contributed by atoms with E-state index < -0.39 is 0 Å². The van der Waals surface area contributed by atoms with E-state index in [0.29, 0.717) is 0 Å². The van der Waals surface area contributed by atoms with Crippen molar-refractivity contribution in [2.24, 2.45) is 5.73 Å².